The first-order chi connectivity index (χ1) is 13.0. The summed E-state index contributed by atoms with van der Waals surface area (Å²) in [5, 5.41) is 23.3. The van der Waals surface area contributed by atoms with Crippen molar-refractivity contribution in [2.24, 2.45) is 5.10 Å². The zero-order valence-electron chi connectivity index (χ0n) is 13.9. The molecule has 5 nitrogen and oxygen atoms in total. The van der Waals surface area contributed by atoms with Gasteiger partial charge in [0.25, 0.3) is 5.91 Å². The van der Waals surface area contributed by atoms with E-state index in [0.717, 1.165) is 12.1 Å². The second-order valence-electron chi connectivity index (χ2n) is 5.61. The molecule has 3 aromatic rings. The molecule has 3 rings (SSSR count). The normalized spacial score (nSPS) is 10.9. The van der Waals surface area contributed by atoms with E-state index < -0.39 is 17.5 Å². The van der Waals surface area contributed by atoms with Crippen LogP contribution in [0.5, 0.6) is 11.5 Å². The molecule has 0 aromatic heterocycles. The third-order valence-electron chi connectivity index (χ3n) is 3.79. The van der Waals surface area contributed by atoms with Crippen LogP contribution in [0.2, 0.25) is 0 Å². The molecule has 0 saturated carbocycles. The average molecular weight is 368 g/mol. The number of rotatable bonds is 4. The number of amides is 1. The first-order valence-corrected chi connectivity index (χ1v) is 7.85. The molecule has 27 heavy (non-hydrogen) atoms. The van der Waals surface area contributed by atoms with Gasteiger partial charge in [-0.05, 0) is 42.0 Å². The Hall–Kier alpha value is -3.74. The number of phenolic OH excluding ortho intramolecular Hbond substituents is 2. The Bertz CT molecular complexity index is 1040. The van der Waals surface area contributed by atoms with Crippen molar-refractivity contribution in [3.8, 4) is 22.6 Å². The summed E-state index contributed by atoms with van der Waals surface area (Å²) in [6, 6.07) is 13.4. The summed E-state index contributed by atoms with van der Waals surface area (Å²) in [5.74, 6) is -2.57. The zero-order chi connectivity index (χ0) is 19.4. The molecule has 0 aliphatic rings. The summed E-state index contributed by atoms with van der Waals surface area (Å²) in [5.41, 5.74) is 2.86. The van der Waals surface area contributed by atoms with Gasteiger partial charge in [-0.1, -0.05) is 18.2 Å². The summed E-state index contributed by atoms with van der Waals surface area (Å²) in [6.07, 6.45) is 1.24. The van der Waals surface area contributed by atoms with Crippen LogP contribution in [0.1, 0.15) is 15.9 Å². The van der Waals surface area contributed by atoms with Crippen molar-refractivity contribution in [3.63, 3.8) is 0 Å². The third-order valence-corrected chi connectivity index (χ3v) is 3.79. The highest BCUT2D eigenvalue weighted by Gasteiger charge is 2.14. The van der Waals surface area contributed by atoms with Crippen molar-refractivity contribution in [3.05, 3.63) is 83.4 Å². The van der Waals surface area contributed by atoms with Crippen LogP contribution in [0, 0.1) is 11.6 Å². The van der Waals surface area contributed by atoms with Gasteiger partial charge in [-0.15, -0.1) is 0 Å². The number of hydrogen-bond donors (Lipinski definition) is 3. The Kier molecular flexibility index (Phi) is 5.12. The van der Waals surface area contributed by atoms with Crippen molar-refractivity contribution in [1.82, 2.24) is 5.43 Å². The van der Waals surface area contributed by atoms with Crippen LogP contribution in [0.25, 0.3) is 11.1 Å². The number of hydrazone groups is 1. The summed E-state index contributed by atoms with van der Waals surface area (Å²) in [6.45, 7) is 0. The molecule has 1 amide bonds. The highest BCUT2D eigenvalue weighted by molar-refractivity contribution is 5.98. The Morgan fingerprint density at radius 1 is 0.963 bits per heavy atom. The zero-order valence-corrected chi connectivity index (χ0v) is 13.9. The minimum atomic E-state index is -0.787. The molecule has 0 fully saturated rings. The van der Waals surface area contributed by atoms with Crippen LogP contribution < -0.4 is 5.43 Å². The van der Waals surface area contributed by atoms with Crippen LogP contribution in [0.4, 0.5) is 8.78 Å². The second kappa shape index (κ2) is 7.65. The molecule has 0 radical (unpaired) electrons. The van der Waals surface area contributed by atoms with Gasteiger partial charge in [0.15, 0.2) is 0 Å². The molecule has 0 bridgehead atoms. The van der Waals surface area contributed by atoms with Crippen LogP contribution in [-0.2, 0) is 0 Å². The fourth-order valence-electron chi connectivity index (χ4n) is 2.43. The number of hydrogen-bond acceptors (Lipinski definition) is 4. The van der Waals surface area contributed by atoms with Crippen molar-refractivity contribution in [1.29, 1.82) is 0 Å². The van der Waals surface area contributed by atoms with Gasteiger partial charge >= 0.3 is 0 Å². The minimum Gasteiger partial charge on any atom is -0.507 e. The molecule has 3 aromatic carbocycles. The van der Waals surface area contributed by atoms with Crippen LogP contribution >= 0.6 is 0 Å². The fourth-order valence-corrected chi connectivity index (χ4v) is 2.43. The lowest BCUT2D eigenvalue weighted by atomic mass is 10.0. The molecule has 0 saturated heterocycles. The maximum atomic E-state index is 13.9. The molecule has 0 spiro atoms. The quantitative estimate of drug-likeness (QED) is 0.484. The number of para-hydroxylation sites is 1. The first-order valence-electron chi connectivity index (χ1n) is 7.85. The number of carbonyl (C=O) groups is 1. The second-order valence-corrected chi connectivity index (χ2v) is 5.61. The van der Waals surface area contributed by atoms with E-state index in [1.54, 1.807) is 18.2 Å². The maximum Gasteiger partial charge on any atom is 0.275 e. The highest BCUT2D eigenvalue weighted by atomic mass is 19.1. The van der Waals surface area contributed by atoms with Crippen molar-refractivity contribution < 1.29 is 23.8 Å². The molecule has 0 unspecified atom stereocenters. The molecule has 0 heterocycles. The molecule has 0 aliphatic carbocycles. The predicted octanol–water partition coefficient (Wildman–Crippen LogP) is 3.81. The van der Waals surface area contributed by atoms with Gasteiger partial charge < -0.3 is 10.2 Å². The summed E-state index contributed by atoms with van der Waals surface area (Å²) in [4.78, 5) is 12.3. The lowest BCUT2D eigenvalue weighted by molar-refractivity contribution is 0.0952. The smallest absolute Gasteiger partial charge is 0.275 e. The molecular formula is C20H14F2N2O3. The predicted molar refractivity (Wildman–Crippen MR) is 96.6 cm³/mol. The van der Waals surface area contributed by atoms with Gasteiger partial charge in [0, 0.05) is 17.2 Å². The monoisotopic (exact) mass is 368 g/mol. The Labute approximate surface area is 153 Å². The summed E-state index contributed by atoms with van der Waals surface area (Å²) < 4.78 is 27.0. The lowest BCUT2D eigenvalue weighted by Gasteiger charge is -2.08. The number of halogens is 2. The highest BCUT2D eigenvalue weighted by Crippen LogP contribution is 2.28. The van der Waals surface area contributed by atoms with Gasteiger partial charge in [0.2, 0.25) is 0 Å². The Balaban J connectivity index is 1.83. The standard InChI is InChI=1S/C20H14F2N2O3/c21-14-6-7-15(17(22)10-14)12-5-8-19(26)16(9-12)20(27)24-23-11-13-3-1-2-4-18(13)25/h1-11,25-26H,(H,24,27)/b23-11+. The van der Waals surface area contributed by atoms with Crippen molar-refractivity contribution >= 4 is 12.1 Å². The van der Waals surface area contributed by atoms with Gasteiger partial charge in [0.1, 0.15) is 23.1 Å². The molecule has 0 aliphatic heterocycles. The van der Waals surface area contributed by atoms with Gasteiger partial charge in [-0.3, -0.25) is 4.79 Å². The van der Waals surface area contributed by atoms with E-state index in [9.17, 15) is 23.8 Å². The van der Waals surface area contributed by atoms with Crippen molar-refractivity contribution in [2.75, 3.05) is 0 Å². The van der Waals surface area contributed by atoms with Crippen LogP contribution in [0.15, 0.2) is 65.8 Å². The summed E-state index contributed by atoms with van der Waals surface area (Å²) in [7, 11) is 0. The lowest BCUT2D eigenvalue weighted by Crippen LogP contribution is -2.17. The van der Waals surface area contributed by atoms with Crippen LogP contribution in [-0.4, -0.2) is 22.3 Å². The van der Waals surface area contributed by atoms with E-state index >= 15 is 0 Å². The summed E-state index contributed by atoms with van der Waals surface area (Å²) >= 11 is 0. The fraction of sp³-hybridized carbons (Fsp3) is 0. The van der Waals surface area contributed by atoms with E-state index in [4.69, 9.17) is 0 Å². The molecular weight excluding hydrogens is 354 g/mol. The average Bonchev–Trinajstić information content (AvgIpc) is 2.64. The van der Waals surface area contributed by atoms with E-state index in [1.165, 1.54) is 36.5 Å². The van der Waals surface area contributed by atoms with E-state index in [0.29, 0.717) is 11.1 Å². The Morgan fingerprint density at radius 2 is 1.74 bits per heavy atom. The largest absolute Gasteiger partial charge is 0.507 e. The molecule has 0 atom stereocenters. The van der Waals surface area contributed by atoms with Crippen LogP contribution in [0.3, 0.4) is 0 Å². The number of carbonyl (C=O) groups excluding carboxylic acids is 1. The first kappa shape index (κ1) is 18.1. The maximum absolute atomic E-state index is 13.9. The Morgan fingerprint density at radius 3 is 2.48 bits per heavy atom. The number of nitrogens with zero attached hydrogens (tertiary/aromatic N) is 1. The number of aromatic hydroxyl groups is 2. The van der Waals surface area contributed by atoms with E-state index in [-0.39, 0.29) is 22.6 Å². The van der Waals surface area contributed by atoms with Gasteiger partial charge in [-0.2, -0.15) is 5.10 Å². The number of benzene rings is 3. The van der Waals surface area contributed by atoms with E-state index in [1.807, 2.05) is 0 Å². The van der Waals surface area contributed by atoms with E-state index in [2.05, 4.69) is 10.5 Å². The third kappa shape index (κ3) is 4.09. The molecule has 3 N–H and O–H groups in total. The number of nitrogens with one attached hydrogen (secondary N) is 1. The topological polar surface area (TPSA) is 81.9 Å². The van der Waals surface area contributed by atoms with Gasteiger partial charge in [0.05, 0.1) is 11.8 Å². The molecule has 7 heteroatoms. The number of phenols is 2. The van der Waals surface area contributed by atoms with Gasteiger partial charge in [-0.25, -0.2) is 14.2 Å². The minimum absolute atomic E-state index is 0.00729. The molecule has 136 valence electrons. The SMILES string of the molecule is O=C(N/N=C/c1ccccc1O)c1cc(-c2ccc(F)cc2F)ccc1O. The van der Waals surface area contributed by atoms with Crippen molar-refractivity contribution in [2.45, 2.75) is 0 Å².